The number of imide groups is 1. The number of carbonyl (C=O) groups is 2. The van der Waals surface area contributed by atoms with E-state index in [1.807, 2.05) is 13.8 Å². The molecule has 1 aromatic rings. The van der Waals surface area contributed by atoms with Crippen LogP contribution in [0, 0.1) is 5.41 Å². The molecule has 6 nitrogen and oxygen atoms in total. The zero-order chi connectivity index (χ0) is 13.5. The number of nitrogens with zero attached hydrogens (tertiary/aromatic N) is 3. The second-order valence-corrected chi connectivity index (χ2v) is 5.57. The molecular formula is C12H18N4O2. The molecule has 0 aromatic carbocycles. The lowest BCUT2D eigenvalue weighted by Gasteiger charge is -2.34. The average molecular weight is 250 g/mol. The molecule has 2 N–H and O–H groups in total. The zero-order valence-electron chi connectivity index (χ0n) is 10.9. The van der Waals surface area contributed by atoms with Crippen molar-refractivity contribution in [3.8, 4) is 0 Å². The average Bonchev–Trinajstić information content (AvgIpc) is 2.53. The number of nitrogen functional groups attached to an aromatic ring is 1. The maximum atomic E-state index is 12.0. The normalized spacial score (nSPS) is 19.4. The number of rotatable bonds is 2. The smallest absolute Gasteiger partial charge is 0.230 e. The van der Waals surface area contributed by atoms with Crippen molar-refractivity contribution < 1.29 is 9.59 Å². The van der Waals surface area contributed by atoms with Gasteiger partial charge < -0.3 is 5.73 Å². The van der Waals surface area contributed by atoms with Crippen molar-refractivity contribution in [2.45, 2.75) is 33.2 Å². The first kappa shape index (κ1) is 12.6. The van der Waals surface area contributed by atoms with Gasteiger partial charge in [-0.2, -0.15) is 5.10 Å². The first-order valence-corrected chi connectivity index (χ1v) is 5.90. The minimum atomic E-state index is -0.245. The van der Waals surface area contributed by atoms with Crippen molar-refractivity contribution in [1.29, 1.82) is 0 Å². The van der Waals surface area contributed by atoms with Crippen molar-refractivity contribution in [3.05, 3.63) is 11.8 Å². The molecule has 0 radical (unpaired) electrons. The monoisotopic (exact) mass is 250 g/mol. The topological polar surface area (TPSA) is 81.2 Å². The molecule has 1 aliphatic rings. The molecule has 1 fully saturated rings. The lowest BCUT2D eigenvalue weighted by Crippen LogP contribution is -2.45. The molecule has 1 aliphatic heterocycles. The third kappa shape index (κ3) is 2.23. The van der Waals surface area contributed by atoms with Crippen LogP contribution in [-0.4, -0.2) is 26.5 Å². The molecule has 0 unspecified atom stereocenters. The Labute approximate surface area is 106 Å². The van der Waals surface area contributed by atoms with E-state index in [4.69, 9.17) is 5.73 Å². The van der Waals surface area contributed by atoms with Crippen molar-refractivity contribution >= 4 is 17.6 Å². The van der Waals surface area contributed by atoms with Crippen molar-refractivity contribution in [1.82, 2.24) is 14.7 Å². The van der Waals surface area contributed by atoms with Gasteiger partial charge in [0, 0.05) is 25.5 Å². The van der Waals surface area contributed by atoms with E-state index in [1.54, 1.807) is 13.2 Å². The van der Waals surface area contributed by atoms with E-state index < -0.39 is 0 Å². The van der Waals surface area contributed by atoms with E-state index in [-0.39, 0.29) is 23.8 Å². The summed E-state index contributed by atoms with van der Waals surface area (Å²) in [4.78, 5) is 25.2. The Kier molecular flexibility index (Phi) is 2.88. The lowest BCUT2D eigenvalue weighted by molar-refractivity contribution is -0.153. The number of anilines is 1. The first-order chi connectivity index (χ1) is 8.30. The van der Waals surface area contributed by atoms with Crippen LogP contribution >= 0.6 is 0 Å². The standard InChI is InChI=1S/C12H18N4O2/c1-12(2)4-9(17)16(10(18)5-12)7-8-6-14-15(3)11(8)13/h6H,4-5,7,13H2,1-3H3. The van der Waals surface area contributed by atoms with Gasteiger partial charge in [-0.3, -0.25) is 19.2 Å². The minimum Gasteiger partial charge on any atom is -0.384 e. The van der Waals surface area contributed by atoms with E-state index in [1.165, 1.54) is 9.58 Å². The number of nitrogens with two attached hydrogens (primary N) is 1. The maximum absolute atomic E-state index is 12.0. The van der Waals surface area contributed by atoms with Gasteiger partial charge in [0.1, 0.15) is 5.82 Å². The van der Waals surface area contributed by atoms with Gasteiger partial charge in [0.15, 0.2) is 0 Å². The van der Waals surface area contributed by atoms with Gasteiger partial charge >= 0.3 is 0 Å². The number of amides is 2. The molecule has 0 aliphatic carbocycles. The molecule has 98 valence electrons. The molecule has 2 rings (SSSR count). The van der Waals surface area contributed by atoms with E-state index in [2.05, 4.69) is 5.10 Å². The number of hydrogen-bond donors (Lipinski definition) is 1. The van der Waals surface area contributed by atoms with Gasteiger partial charge in [-0.1, -0.05) is 13.8 Å². The fourth-order valence-electron chi connectivity index (χ4n) is 2.17. The largest absolute Gasteiger partial charge is 0.384 e. The maximum Gasteiger partial charge on any atom is 0.230 e. The van der Waals surface area contributed by atoms with E-state index in [9.17, 15) is 9.59 Å². The lowest BCUT2D eigenvalue weighted by atomic mass is 9.81. The van der Waals surface area contributed by atoms with Crippen LogP contribution in [-0.2, 0) is 23.2 Å². The van der Waals surface area contributed by atoms with E-state index in [0.29, 0.717) is 24.2 Å². The predicted octanol–water partition coefficient (Wildman–Crippen LogP) is 0.677. The molecule has 0 saturated carbocycles. The summed E-state index contributed by atoms with van der Waals surface area (Å²) in [6.45, 7) is 4.07. The summed E-state index contributed by atoms with van der Waals surface area (Å²) in [6.07, 6.45) is 2.37. The number of carbonyl (C=O) groups excluding carboxylic acids is 2. The Morgan fingerprint density at radius 2 is 1.89 bits per heavy atom. The van der Waals surface area contributed by atoms with Crippen LogP contribution in [0.25, 0.3) is 0 Å². The Balaban J connectivity index is 2.17. The summed E-state index contributed by atoms with van der Waals surface area (Å²) in [7, 11) is 1.72. The van der Waals surface area contributed by atoms with E-state index >= 15 is 0 Å². The number of aromatic nitrogens is 2. The van der Waals surface area contributed by atoms with E-state index in [0.717, 1.165) is 0 Å². The fraction of sp³-hybridized carbons (Fsp3) is 0.583. The molecule has 1 aromatic heterocycles. The number of likely N-dealkylation sites (tertiary alicyclic amines) is 1. The van der Waals surface area contributed by atoms with Crippen LogP contribution in [0.5, 0.6) is 0 Å². The Morgan fingerprint density at radius 3 is 2.33 bits per heavy atom. The summed E-state index contributed by atoms with van der Waals surface area (Å²) in [5, 5.41) is 4.00. The molecular weight excluding hydrogens is 232 g/mol. The molecule has 0 bridgehead atoms. The summed E-state index contributed by atoms with van der Waals surface area (Å²) >= 11 is 0. The van der Waals surface area contributed by atoms with Crippen LogP contribution in [0.1, 0.15) is 32.3 Å². The van der Waals surface area contributed by atoms with Crippen LogP contribution in [0.2, 0.25) is 0 Å². The fourth-order valence-corrected chi connectivity index (χ4v) is 2.17. The van der Waals surface area contributed by atoms with Gasteiger partial charge in [-0.15, -0.1) is 0 Å². The molecule has 0 atom stereocenters. The molecule has 6 heteroatoms. The SMILES string of the molecule is Cn1ncc(CN2C(=O)CC(C)(C)CC2=O)c1N. The second kappa shape index (κ2) is 4.12. The van der Waals surface area contributed by atoms with Crippen LogP contribution in [0.15, 0.2) is 6.20 Å². The summed E-state index contributed by atoms with van der Waals surface area (Å²) < 4.78 is 1.53. The Hall–Kier alpha value is -1.85. The number of piperidine rings is 1. The summed E-state index contributed by atoms with van der Waals surface area (Å²) in [5.41, 5.74) is 6.28. The minimum absolute atomic E-state index is 0.139. The Morgan fingerprint density at radius 1 is 1.33 bits per heavy atom. The highest BCUT2D eigenvalue weighted by Gasteiger charge is 2.37. The third-order valence-electron chi connectivity index (χ3n) is 3.25. The van der Waals surface area contributed by atoms with Crippen LogP contribution in [0.3, 0.4) is 0 Å². The van der Waals surface area contributed by atoms with Gasteiger partial charge in [-0.25, -0.2) is 0 Å². The summed E-state index contributed by atoms with van der Waals surface area (Å²) in [5.74, 6) is 0.208. The van der Waals surface area contributed by atoms with Crippen LogP contribution < -0.4 is 5.73 Å². The van der Waals surface area contributed by atoms with Crippen LogP contribution in [0.4, 0.5) is 5.82 Å². The highest BCUT2D eigenvalue weighted by atomic mass is 16.2. The Bertz CT molecular complexity index is 484. The highest BCUT2D eigenvalue weighted by Crippen LogP contribution is 2.32. The third-order valence-corrected chi connectivity index (χ3v) is 3.25. The zero-order valence-corrected chi connectivity index (χ0v) is 10.9. The van der Waals surface area contributed by atoms with Crippen molar-refractivity contribution in [3.63, 3.8) is 0 Å². The van der Waals surface area contributed by atoms with Crippen molar-refractivity contribution in [2.24, 2.45) is 12.5 Å². The number of hydrogen-bond acceptors (Lipinski definition) is 4. The highest BCUT2D eigenvalue weighted by molar-refractivity contribution is 5.98. The van der Waals surface area contributed by atoms with Gasteiger partial charge in [0.05, 0.1) is 12.7 Å². The molecule has 18 heavy (non-hydrogen) atoms. The van der Waals surface area contributed by atoms with Gasteiger partial charge in [0.2, 0.25) is 11.8 Å². The van der Waals surface area contributed by atoms with Gasteiger partial charge in [0.25, 0.3) is 0 Å². The summed E-state index contributed by atoms with van der Waals surface area (Å²) in [6, 6.07) is 0. The molecule has 1 saturated heterocycles. The second-order valence-electron chi connectivity index (χ2n) is 5.57. The van der Waals surface area contributed by atoms with Gasteiger partial charge in [-0.05, 0) is 5.41 Å². The predicted molar refractivity (Wildman–Crippen MR) is 66.2 cm³/mol. The molecule has 2 heterocycles. The number of aryl methyl sites for hydroxylation is 1. The first-order valence-electron chi connectivity index (χ1n) is 5.90. The molecule has 2 amide bonds. The molecule has 0 spiro atoms. The quantitative estimate of drug-likeness (QED) is 0.782. The van der Waals surface area contributed by atoms with Crippen molar-refractivity contribution in [2.75, 3.05) is 5.73 Å².